The number of likely N-dealkylation sites (tertiary alicyclic amines) is 1. The molecule has 2 aliphatic heterocycles. The highest BCUT2D eigenvalue weighted by Crippen LogP contribution is 2.35. The second kappa shape index (κ2) is 9.70. The van der Waals surface area contributed by atoms with Crippen molar-refractivity contribution >= 4 is 5.95 Å². The maximum atomic E-state index is 13.6. The quantitative estimate of drug-likeness (QED) is 0.661. The van der Waals surface area contributed by atoms with Gasteiger partial charge < -0.3 is 14.8 Å². The second-order valence-electron chi connectivity index (χ2n) is 8.04. The Morgan fingerprint density at radius 2 is 2.20 bits per heavy atom. The highest BCUT2D eigenvalue weighted by molar-refractivity contribution is 5.30. The van der Waals surface area contributed by atoms with Gasteiger partial charge in [-0.3, -0.25) is 4.90 Å². The monoisotopic (exact) mass is 421 g/mol. The molecule has 7 nitrogen and oxygen atoms in total. The Morgan fingerprint density at radius 3 is 3.03 bits per heavy atom. The number of fused-ring (bicyclic) bond motifs is 1. The van der Waals surface area contributed by atoms with Gasteiger partial charge >= 0.3 is 0 Å². The Labute approximate surface area is 175 Å². The summed E-state index contributed by atoms with van der Waals surface area (Å²) in [5, 5.41) is 7.33. The van der Waals surface area contributed by atoms with E-state index in [1.54, 1.807) is 7.11 Å². The number of halogens is 2. The van der Waals surface area contributed by atoms with E-state index >= 15 is 0 Å². The molecule has 1 N–H and O–H groups in total. The summed E-state index contributed by atoms with van der Waals surface area (Å²) in [5.74, 6) is 1.59. The first-order valence-corrected chi connectivity index (χ1v) is 10.5. The Balaban J connectivity index is 1.38. The minimum atomic E-state index is -2.45. The van der Waals surface area contributed by atoms with Crippen LogP contribution in [0.4, 0.5) is 14.7 Å². The molecular weight excluding hydrogens is 392 g/mol. The molecule has 3 heterocycles. The molecule has 1 aromatic heterocycles. The van der Waals surface area contributed by atoms with E-state index in [-0.39, 0.29) is 6.04 Å². The number of nitrogens with zero attached hydrogens (tertiary/aromatic N) is 4. The van der Waals surface area contributed by atoms with Crippen LogP contribution < -0.4 is 10.1 Å². The molecule has 0 unspecified atom stereocenters. The summed E-state index contributed by atoms with van der Waals surface area (Å²) in [6.07, 6.45) is 1.34. The lowest BCUT2D eigenvalue weighted by molar-refractivity contribution is 0.0550. The zero-order valence-corrected chi connectivity index (χ0v) is 17.2. The van der Waals surface area contributed by atoms with Gasteiger partial charge in [-0.1, -0.05) is 12.1 Å². The van der Waals surface area contributed by atoms with Gasteiger partial charge in [-0.15, -0.1) is 0 Å². The van der Waals surface area contributed by atoms with Gasteiger partial charge in [0.05, 0.1) is 6.61 Å². The predicted molar refractivity (Wildman–Crippen MR) is 109 cm³/mol. The number of hydrogen-bond donors (Lipinski definition) is 1. The fourth-order valence-corrected chi connectivity index (χ4v) is 4.50. The predicted octanol–water partition coefficient (Wildman–Crippen LogP) is 3.21. The van der Waals surface area contributed by atoms with Crippen LogP contribution >= 0.6 is 0 Å². The lowest BCUT2D eigenvalue weighted by Gasteiger charge is -2.40. The molecule has 1 saturated heterocycles. The van der Waals surface area contributed by atoms with Crippen molar-refractivity contribution in [3.05, 3.63) is 36.2 Å². The van der Waals surface area contributed by atoms with Crippen LogP contribution in [0.1, 0.15) is 30.9 Å². The summed E-state index contributed by atoms with van der Waals surface area (Å²) < 4.78 is 39.2. The number of hydrogen-bond acceptors (Lipinski definition) is 6. The summed E-state index contributed by atoms with van der Waals surface area (Å²) in [5.41, 5.74) is 1.19. The van der Waals surface area contributed by atoms with Crippen molar-refractivity contribution in [2.75, 3.05) is 38.7 Å². The van der Waals surface area contributed by atoms with E-state index in [2.05, 4.69) is 32.4 Å². The van der Waals surface area contributed by atoms with Gasteiger partial charge in [0, 0.05) is 26.2 Å². The summed E-state index contributed by atoms with van der Waals surface area (Å²) in [6.45, 7) is 3.77. The van der Waals surface area contributed by atoms with E-state index in [0.29, 0.717) is 31.5 Å². The first kappa shape index (κ1) is 21.0. The van der Waals surface area contributed by atoms with E-state index in [1.165, 1.54) is 16.6 Å². The summed E-state index contributed by atoms with van der Waals surface area (Å²) in [7, 11) is 1.65. The van der Waals surface area contributed by atoms with E-state index in [1.807, 2.05) is 12.1 Å². The molecular formula is C21H29F2N5O2. The number of methoxy groups -OCH3 is 1. The number of ether oxygens (including phenoxy) is 2. The molecule has 3 atom stereocenters. The zero-order chi connectivity index (χ0) is 20.9. The lowest BCUT2D eigenvalue weighted by Crippen LogP contribution is -2.46. The number of rotatable bonds is 8. The van der Waals surface area contributed by atoms with Crippen molar-refractivity contribution in [2.45, 2.75) is 44.3 Å². The van der Waals surface area contributed by atoms with Crippen molar-refractivity contribution < 1.29 is 18.3 Å². The third-order valence-electron chi connectivity index (χ3n) is 5.96. The molecule has 164 valence electrons. The number of alkyl halides is 2. The Hall–Kier alpha value is -2.26. The fraction of sp³-hybridized carbons (Fsp3) is 0.619. The number of benzene rings is 1. The molecule has 1 aromatic carbocycles. The van der Waals surface area contributed by atoms with Crippen LogP contribution in [0.15, 0.2) is 30.6 Å². The number of anilines is 1. The van der Waals surface area contributed by atoms with Crippen LogP contribution in [0.25, 0.3) is 0 Å². The maximum Gasteiger partial charge on any atom is 0.260 e. The molecule has 1 fully saturated rings. The number of nitrogens with one attached hydrogen (secondary N) is 1. The smallest absolute Gasteiger partial charge is 0.260 e. The van der Waals surface area contributed by atoms with Crippen LogP contribution in [-0.2, 0) is 11.3 Å². The van der Waals surface area contributed by atoms with Gasteiger partial charge in [-0.2, -0.15) is 10.1 Å². The molecule has 0 aliphatic carbocycles. The second-order valence-corrected chi connectivity index (χ2v) is 8.04. The van der Waals surface area contributed by atoms with Crippen molar-refractivity contribution in [1.29, 1.82) is 0 Å². The van der Waals surface area contributed by atoms with Gasteiger partial charge in [-0.05, 0) is 49.4 Å². The molecule has 2 aromatic rings. The average molecular weight is 421 g/mol. The summed E-state index contributed by atoms with van der Waals surface area (Å²) >= 11 is 0. The third kappa shape index (κ3) is 4.89. The molecule has 0 saturated carbocycles. The van der Waals surface area contributed by atoms with Crippen LogP contribution in [0.5, 0.6) is 5.75 Å². The van der Waals surface area contributed by atoms with E-state index in [0.717, 1.165) is 38.2 Å². The topological polar surface area (TPSA) is 64.4 Å². The molecule has 0 amide bonds. The van der Waals surface area contributed by atoms with Gasteiger partial charge in [0.2, 0.25) is 5.95 Å². The Bertz CT molecular complexity index is 818. The van der Waals surface area contributed by atoms with Gasteiger partial charge in [0.15, 0.2) is 0 Å². The maximum absolute atomic E-state index is 13.6. The van der Waals surface area contributed by atoms with Crippen molar-refractivity contribution in [1.82, 2.24) is 19.7 Å². The summed E-state index contributed by atoms with van der Waals surface area (Å²) in [4.78, 5) is 6.54. The first-order valence-electron chi connectivity index (χ1n) is 10.5. The highest BCUT2D eigenvalue weighted by atomic mass is 19.3. The Morgan fingerprint density at radius 1 is 1.30 bits per heavy atom. The van der Waals surface area contributed by atoms with Gasteiger partial charge in [0.25, 0.3) is 6.43 Å². The van der Waals surface area contributed by atoms with Crippen LogP contribution in [0, 0.1) is 5.92 Å². The number of piperidine rings is 1. The molecule has 9 heteroatoms. The van der Waals surface area contributed by atoms with Crippen molar-refractivity contribution in [3.63, 3.8) is 0 Å². The Kier molecular flexibility index (Phi) is 6.79. The zero-order valence-electron chi connectivity index (χ0n) is 17.2. The first-order chi connectivity index (χ1) is 14.6. The van der Waals surface area contributed by atoms with Crippen LogP contribution in [-0.4, -0.2) is 65.5 Å². The van der Waals surface area contributed by atoms with E-state index < -0.39 is 12.5 Å². The van der Waals surface area contributed by atoms with Crippen LogP contribution in [0.2, 0.25) is 0 Å². The van der Waals surface area contributed by atoms with Gasteiger partial charge in [-0.25, -0.2) is 13.5 Å². The van der Waals surface area contributed by atoms with Crippen LogP contribution in [0.3, 0.4) is 0 Å². The van der Waals surface area contributed by atoms with Crippen molar-refractivity contribution in [2.24, 2.45) is 5.92 Å². The molecule has 0 radical (unpaired) electrons. The molecule has 0 spiro atoms. The molecule has 0 bridgehead atoms. The van der Waals surface area contributed by atoms with Gasteiger partial charge in [0.1, 0.15) is 24.7 Å². The fourth-order valence-electron chi connectivity index (χ4n) is 4.50. The third-order valence-corrected chi connectivity index (χ3v) is 5.96. The minimum Gasteiger partial charge on any atom is -0.491 e. The lowest BCUT2D eigenvalue weighted by atomic mass is 9.86. The largest absolute Gasteiger partial charge is 0.491 e. The SMILES string of the molecule is COCCOc1cccc(CN2CCC[C@H]([C@@H]3C[C@H](C(F)F)n4ncnc4N3)C2)c1. The number of aromatic nitrogens is 3. The van der Waals surface area contributed by atoms with Crippen molar-refractivity contribution in [3.8, 4) is 5.75 Å². The van der Waals surface area contributed by atoms with E-state index in [4.69, 9.17) is 9.47 Å². The molecule has 4 rings (SSSR count). The standard InChI is InChI=1S/C21H29F2N5O2/c1-29-8-9-30-17-6-2-4-15(10-17)12-27-7-3-5-16(13-27)18-11-19(20(22)23)28-21(26-18)24-14-25-28/h2,4,6,10,14,16,18-20H,3,5,7-9,11-13H2,1H3,(H,24,25,26)/t16-,18-,19+/m0/s1. The molecule has 2 aliphatic rings. The van der Waals surface area contributed by atoms with E-state index in [9.17, 15) is 8.78 Å². The summed E-state index contributed by atoms with van der Waals surface area (Å²) in [6, 6.07) is 7.18. The average Bonchev–Trinajstić information content (AvgIpc) is 3.22. The normalized spacial score (nSPS) is 24.5. The molecule has 30 heavy (non-hydrogen) atoms. The highest BCUT2D eigenvalue weighted by Gasteiger charge is 2.38. The minimum absolute atomic E-state index is 0.0211.